The van der Waals surface area contributed by atoms with Crippen LogP contribution in [-0.2, 0) is 69.4 Å². The Kier molecular flexibility index (Phi) is 25.4. The minimum absolute atomic E-state index is 0.0155. The molecule has 0 radical (unpaired) electrons. The summed E-state index contributed by atoms with van der Waals surface area (Å²) in [5.74, 6) is -8.78. The number of fused-ring (bicyclic) bond motifs is 2. The van der Waals surface area contributed by atoms with Gasteiger partial charge in [-0.25, -0.2) is 19.2 Å². The predicted octanol–water partition coefficient (Wildman–Crippen LogP) is 19.5. The zero-order valence-electron chi connectivity index (χ0n) is 72.5. The second-order valence-corrected chi connectivity index (χ2v) is 35.8. The molecule has 11 rings (SSSR count). The van der Waals surface area contributed by atoms with Crippen molar-refractivity contribution in [2.45, 2.75) is 172 Å². The number of esters is 4. The molecule has 22 heteroatoms. The molecule has 2 heterocycles. The van der Waals surface area contributed by atoms with Crippen molar-refractivity contribution in [1.82, 2.24) is 19.6 Å². The van der Waals surface area contributed by atoms with Gasteiger partial charge >= 0.3 is 23.9 Å². The van der Waals surface area contributed by atoms with Gasteiger partial charge in [-0.05, 0) is 156 Å². The average molecular weight is 1630 g/mol. The van der Waals surface area contributed by atoms with E-state index < -0.39 is 83.2 Å². The number of nitrogens with zero attached hydrogens (tertiary/aromatic N) is 4. The molecule has 22 nitrogen and oxygen atoms in total. The topological polar surface area (TPSA) is 258 Å². The van der Waals surface area contributed by atoms with Crippen molar-refractivity contribution in [2.24, 2.45) is 11.8 Å². The van der Waals surface area contributed by atoms with Crippen LogP contribution >= 0.6 is 0 Å². The monoisotopic (exact) mass is 1630 g/mol. The van der Waals surface area contributed by atoms with Crippen LogP contribution in [0.15, 0.2) is 170 Å². The molecule has 2 aliphatic heterocycles. The van der Waals surface area contributed by atoms with Crippen LogP contribution in [0.2, 0.25) is 0 Å². The van der Waals surface area contributed by atoms with Crippen molar-refractivity contribution in [3.05, 3.63) is 214 Å². The van der Waals surface area contributed by atoms with Crippen LogP contribution in [0.5, 0.6) is 46.0 Å². The van der Waals surface area contributed by atoms with Crippen LogP contribution in [0.4, 0.5) is 0 Å². The normalized spacial score (nSPS) is 13.6. The van der Waals surface area contributed by atoms with Gasteiger partial charge in [0.25, 0.3) is 23.6 Å². The summed E-state index contributed by atoms with van der Waals surface area (Å²) in [5.41, 5.74) is 2.41. The Hall–Kier alpha value is -12.5. The van der Waals surface area contributed by atoms with Gasteiger partial charge in [0.2, 0.25) is 11.8 Å². The molecule has 2 unspecified atom stereocenters. The molecule has 0 spiro atoms. The minimum atomic E-state index is -1.61. The van der Waals surface area contributed by atoms with E-state index >= 15 is 28.8 Å². The molecule has 9 aromatic carbocycles. The maximum Gasteiger partial charge on any atom is 0.333 e. The summed E-state index contributed by atoms with van der Waals surface area (Å²) < 4.78 is 51.6. The number of rotatable bonds is 30. The van der Waals surface area contributed by atoms with Gasteiger partial charge in [-0.15, -0.1) is 0 Å². The molecular formula is C98H108N4O18. The quantitative estimate of drug-likeness (QED) is 0.0101. The van der Waals surface area contributed by atoms with E-state index in [0.29, 0.717) is 0 Å². The van der Waals surface area contributed by atoms with E-state index in [0.717, 1.165) is 32.1 Å². The highest BCUT2D eigenvalue weighted by Gasteiger charge is 2.49. The Balaban J connectivity index is 1.30. The third-order valence-corrected chi connectivity index (χ3v) is 21.5. The molecule has 6 amide bonds. The fraction of sp³-hybridized carbons (Fsp3) is 0.367. The lowest BCUT2D eigenvalue weighted by atomic mass is 9.80. The Labute approximate surface area is 701 Å². The highest BCUT2D eigenvalue weighted by Crippen LogP contribution is 2.59. The number of ether oxygens (including phenoxy) is 8. The van der Waals surface area contributed by atoms with E-state index in [1.807, 2.05) is 48.5 Å². The largest absolute Gasteiger partial charge is 0.460 e. The first-order chi connectivity index (χ1) is 56.2. The summed E-state index contributed by atoms with van der Waals surface area (Å²) in [6, 6.07) is 32.5. The number of carbonyl (C=O) groups excluding carboxylic acids is 10. The van der Waals surface area contributed by atoms with Crippen molar-refractivity contribution in [3.63, 3.8) is 0 Å². The van der Waals surface area contributed by atoms with Gasteiger partial charge in [-0.1, -0.05) is 186 Å². The predicted molar refractivity (Wildman–Crippen MR) is 463 cm³/mol. The molecule has 0 aliphatic carbocycles. The van der Waals surface area contributed by atoms with Gasteiger partial charge in [-0.2, -0.15) is 0 Å². The maximum atomic E-state index is 16.8. The summed E-state index contributed by atoms with van der Waals surface area (Å²) in [6.07, 6.45) is 0. The zero-order chi connectivity index (χ0) is 88.0. The highest BCUT2D eigenvalue weighted by atomic mass is 16.5. The molecule has 0 aromatic heterocycles. The summed E-state index contributed by atoms with van der Waals surface area (Å²) in [7, 11) is 0. The third kappa shape index (κ3) is 18.2. The fourth-order valence-corrected chi connectivity index (χ4v) is 14.9. The first-order valence-corrected chi connectivity index (χ1v) is 40.3. The SMILES string of the molecule is C=C(C)C(=O)OCCN(CCOC(=O)C(=C)C)C(=O)C(C(C)C)N1C(=O)c2cc(Oc3ccc(C(C)(C)C)cc3)c3c4c(Oc5ccc(C(C)(C)C)cc5)cc5c6c(cc(Oc7ccc(C(C)(C)C)cc7)c(c7c(Oc8ccc(C(C)(C)C)cc8)cc(c2c37)C1=O)c64)C(=O)N(C(C(=O)N(CCOC(=O)C(=C)C)CCOC(=O)C(=C)C)C(C)C)C5=O. The Morgan fingerprint density at radius 1 is 0.317 bits per heavy atom. The van der Waals surface area contributed by atoms with Crippen LogP contribution in [0.25, 0.3) is 43.1 Å². The summed E-state index contributed by atoms with van der Waals surface area (Å²) in [5, 5.41) is 1.27. The molecule has 120 heavy (non-hydrogen) atoms. The number of benzene rings is 9. The van der Waals surface area contributed by atoms with Gasteiger partial charge in [0, 0.05) is 65.4 Å². The molecule has 0 fully saturated rings. The van der Waals surface area contributed by atoms with Crippen LogP contribution in [0.1, 0.15) is 202 Å². The average Bonchev–Trinajstić information content (AvgIpc) is 0.669. The van der Waals surface area contributed by atoms with Gasteiger partial charge in [0.1, 0.15) is 84.5 Å². The summed E-state index contributed by atoms with van der Waals surface area (Å²) >= 11 is 0. The maximum absolute atomic E-state index is 16.8. The lowest BCUT2D eigenvalue weighted by molar-refractivity contribution is -0.146. The van der Waals surface area contributed by atoms with E-state index in [1.54, 1.807) is 76.2 Å². The van der Waals surface area contributed by atoms with E-state index in [-0.39, 0.29) is 208 Å². The molecule has 0 N–H and O–H groups in total. The first kappa shape index (κ1) is 88.4. The Morgan fingerprint density at radius 2 is 0.508 bits per heavy atom. The molecular weight excluding hydrogens is 1520 g/mol. The fourth-order valence-electron chi connectivity index (χ4n) is 14.9. The Morgan fingerprint density at radius 3 is 0.675 bits per heavy atom. The molecule has 9 aromatic rings. The van der Waals surface area contributed by atoms with Gasteiger partial charge in [-0.3, -0.25) is 38.6 Å². The molecule has 2 atom stereocenters. The van der Waals surface area contributed by atoms with E-state index in [1.165, 1.54) is 61.8 Å². The van der Waals surface area contributed by atoms with Crippen molar-refractivity contribution in [2.75, 3.05) is 52.6 Å². The Bertz CT molecular complexity index is 5010. The van der Waals surface area contributed by atoms with Crippen LogP contribution in [-0.4, -0.2) is 144 Å². The van der Waals surface area contributed by atoms with E-state index in [9.17, 15) is 19.2 Å². The molecule has 0 bridgehead atoms. The lowest BCUT2D eigenvalue weighted by Crippen LogP contribution is -2.57. The van der Waals surface area contributed by atoms with E-state index in [4.69, 9.17) is 37.9 Å². The summed E-state index contributed by atoms with van der Waals surface area (Å²) in [4.78, 5) is 155. The van der Waals surface area contributed by atoms with Crippen LogP contribution in [0, 0.1) is 11.8 Å². The summed E-state index contributed by atoms with van der Waals surface area (Å²) in [6.45, 7) is 49.7. The molecule has 0 saturated carbocycles. The number of hydrogen-bond acceptors (Lipinski definition) is 18. The number of carbonyl (C=O) groups is 10. The highest BCUT2D eigenvalue weighted by molar-refractivity contribution is 6.45. The molecule has 628 valence electrons. The van der Waals surface area contributed by atoms with Crippen molar-refractivity contribution in [3.8, 4) is 46.0 Å². The number of hydrogen-bond donors (Lipinski definition) is 0. The zero-order valence-corrected chi connectivity index (χ0v) is 72.5. The first-order valence-electron chi connectivity index (χ1n) is 40.3. The number of amides is 6. The molecule has 0 saturated heterocycles. The smallest absolute Gasteiger partial charge is 0.333 e. The lowest BCUT2D eigenvalue weighted by Gasteiger charge is -2.39. The van der Waals surface area contributed by atoms with Crippen LogP contribution in [0.3, 0.4) is 0 Å². The van der Waals surface area contributed by atoms with Crippen molar-refractivity contribution in [1.29, 1.82) is 0 Å². The van der Waals surface area contributed by atoms with E-state index in [2.05, 4.69) is 109 Å². The molecule has 2 aliphatic rings. The second kappa shape index (κ2) is 34.5. The van der Waals surface area contributed by atoms with Crippen molar-refractivity contribution >= 4 is 102 Å². The third-order valence-electron chi connectivity index (χ3n) is 21.5. The van der Waals surface area contributed by atoms with Gasteiger partial charge < -0.3 is 47.7 Å². The van der Waals surface area contributed by atoms with Gasteiger partial charge in [0.05, 0.1) is 48.4 Å². The van der Waals surface area contributed by atoms with Gasteiger partial charge in [0.15, 0.2) is 0 Å². The van der Waals surface area contributed by atoms with Crippen LogP contribution < -0.4 is 18.9 Å². The number of imide groups is 2. The minimum Gasteiger partial charge on any atom is -0.460 e. The van der Waals surface area contributed by atoms with Crippen molar-refractivity contribution < 1.29 is 85.8 Å². The standard InChI is InChI=1S/C98H108N4O18/c1-53(2)83(89(107)99(41-45-113-91(109)55(5)6)42-46-114-92(110)56(7)8)101-85(103)67-49-71(117-63-33-25-59(26-34-63)95(13,14)15)77-79-73(119-65-37-29-61(30-38-65)97(19,20)21)51-69-76-70(88(106)102(87(69)105)84(54(3)4)90(108)100(43-47-115-93(111)57(9)10)44-48-116-94(112)58(11)12)52-74(120-66-39-31-62(32-40-66)98(22,23)24)80(82(76)79)78-72(50-68(86(101)104)75(67)81(77)78)118-64-35-27-60(28-36-64)96(16,17)18/h25-40,49-54,83-84H,5,7,9,11,41-48H2,1-4,6,8,10,12-24H3. The second-order valence-electron chi connectivity index (χ2n) is 35.8.